The molecule has 106 valence electrons. The van der Waals surface area contributed by atoms with Crippen molar-refractivity contribution in [1.29, 1.82) is 0 Å². The molecule has 0 aliphatic rings. The number of carbonyl (C=O) groups excluding carboxylic acids is 1. The van der Waals surface area contributed by atoms with E-state index in [1.807, 2.05) is 0 Å². The van der Waals surface area contributed by atoms with E-state index in [1.54, 1.807) is 0 Å². The second-order valence-electron chi connectivity index (χ2n) is 3.96. The minimum absolute atomic E-state index is 0.0608. The van der Waals surface area contributed by atoms with E-state index in [9.17, 15) is 22.4 Å². The summed E-state index contributed by atoms with van der Waals surface area (Å²) >= 11 is 5.72. The molecule has 0 saturated carbocycles. The van der Waals surface area contributed by atoms with Crippen molar-refractivity contribution in [3.63, 3.8) is 0 Å². The zero-order valence-electron chi connectivity index (χ0n) is 10.0. The highest BCUT2D eigenvalue weighted by Crippen LogP contribution is 2.33. The molecule has 0 atom stereocenters. The standard InChI is InChI=1S/C12H7ClF4N2O/c1-19-10(8(13)5-18-19)11(20)6-3-2-4-7(9(6)14)12(15,16)17/h2-5H,1H3. The minimum atomic E-state index is -4.88. The van der Waals surface area contributed by atoms with Crippen molar-refractivity contribution in [2.45, 2.75) is 6.18 Å². The first kappa shape index (κ1) is 14.5. The Morgan fingerprint density at radius 1 is 1.35 bits per heavy atom. The van der Waals surface area contributed by atoms with Gasteiger partial charge in [0.2, 0.25) is 5.78 Å². The van der Waals surface area contributed by atoms with Gasteiger partial charge in [-0.3, -0.25) is 9.48 Å². The molecule has 2 aromatic rings. The number of aryl methyl sites for hydroxylation is 1. The summed E-state index contributed by atoms with van der Waals surface area (Å²) in [6, 6.07) is 2.50. The number of benzene rings is 1. The van der Waals surface area contributed by atoms with Crippen molar-refractivity contribution in [1.82, 2.24) is 9.78 Å². The highest BCUT2D eigenvalue weighted by atomic mass is 35.5. The number of aromatic nitrogens is 2. The molecule has 0 spiro atoms. The maximum Gasteiger partial charge on any atom is 0.419 e. The quantitative estimate of drug-likeness (QED) is 0.629. The van der Waals surface area contributed by atoms with Crippen LogP contribution in [0.15, 0.2) is 24.4 Å². The third-order valence-electron chi connectivity index (χ3n) is 2.66. The molecule has 1 aromatic carbocycles. The average Bonchev–Trinajstić information content (AvgIpc) is 2.67. The van der Waals surface area contributed by atoms with E-state index in [4.69, 9.17) is 11.6 Å². The summed E-state index contributed by atoms with van der Waals surface area (Å²) in [4.78, 5) is 12.1. The fourth-order valence-electron chi connectivity index (χ4n) is 1.72. The van der Waals surface area contributed by atoms with Gasteiger partial charge in [-0.2, -0.15) is 18.3 Å². The van der Waals surface area contributed by atoms with Crippen LogP contribution in [0.3, 0.4) is 0 Å². The molecule has 0 unspecified atom stereocenters. The monoisotopic (exact) mass is 306 g/mol. The van der Waals surface area contributed by atoms with Crippen LogP contribution in [0.1, 0.15) is 21.6 Å². The molecule has 2 rings (SSSR count). The molecular weight excluding hydrogens is 300 g/mol. The van der Waals surface area contributed by atoms with Crippen LogP contribution >= 0.6 is 11.6 Å². The van der Waals surface area contributed by atoms with Gasteiger partial charge in [-0.05, 0) is 12.1 Å². The lowest BCUT2D eigenvalue weighted by Crippen LogP contribution is -2.15. The first-order chi connectivity index (χ1) is 9.23. The van der Waals surface area contributed by atoms with Gasteiger partial charge in [0.25, 0.3) is 0 Å². The maximum atomic E-state index is 13.9. The van der Waals surface area contributed by atoms with Crippen LogP contribution in [0, 0.1) is 5.82 Å². The molecular formula is C12H7ClF4N2O. The molecule has 0 amide bonds. The summed E-state index contributed by atoms with van der Waals surface area (Å²) in [5, 5.41) is 3.62. The fraction of sp³-hybridized carbons (Fsp3) is 0.167. The second-order valence-corrected chi connectivity index (χ2v) is 4.37. The van der Waals surface area contributed by atoms with Gasteiger partial charge in [-0.25, -0.2) is 4.39 Å². The van der Waals surface area contributed by atoms with Crippen LogP contribution in [-0.2, 0) is 13.2 Å². The summed E-state index contributed by atoms with van der Waals surface area (Å²) in [7, 11) is 1.38. The van der Waals surface area contributed by atoms with E-state index in [0.717, 1.165) is 23.0 Å². The Morgan fingerprint density at radius 2 is 2.00 bits per heavy atom. The summed E-state index contributed by atoms with van der Waals surface area (Å²) in [6.07, 6.45) is -3.73. The third-order valence-corrected chi connectivity index (χ3v) is 2.93. The van der Waals surface area contributed by atoms with Crippen LogP contribution in [-0.4, -0.2) is 15.6 Å². The molecule has 1 aromatic heterocycles. The van der Waals surface area contributed by atoms with E-state index in [0.29, 0.717) is 6.07 Å². The molecule has 1 heterocycles. The highest BCUT2D eigenvalue weighted by molar-refractivity contribution is 6.34. The molecule has 20 heavy (non-hydrogen) atoms. The van der Waals surface area contributed by atoms with E-state index < -0.39 is 28.9 Å². The SMILES string of the molecule is Cn1ncc(Cl)c1C(=O)c1cccc(C(F)(F)F)c1F. The number of hydrogen-bond donors (Lipinski definition) is 0. The second kappa shape index (κ2) is 4.90. The van der Waals surface area contributed by atoms with Crippen LogP contribution in [0.4, 0.5) is 17.6 Å². The van der Waals surface area contributed by atoms with Gasteiger partial charge >= 0.3 is 6.18 Å². The minimum Gasteiger partial charge on any atom is -0.287 e. The molecule has 0 saturated heterocycles. The normalized spacial score (nSPS) is 11.7. The highest BCUT2D eigenvalue weighted by Gasteiger charge is 2.36. The molecule has 8 heteroatoms. The smallest absolute Gasteiger partial charge is 0.287 e. The van der Waals surface area contributed by atoms with Gasteiger partial charge in [-0.1, -0.05) is 17.7 Å². The molecule has 3 nitrogen and oxygen atoms in total. The first-order valence-electron chi connectivity index (χ1n) is 5.31. The van der Waals surface area contributed by atoms with E-state index in [-0.39, 0.29) is 10.7 Å². The lowest BCUT2D eigenvalue weighted by atomic mass is 10.0. The van der Waals surface area contributed by atoms with Gasteiger partial charge in [0, 0.05) is 7.05 Å². The fourth-order valence-corrected chi connectivity index (χ4v) is 1.97. The Bertz CT molecular complexity index is 659. The van der Waals surface area contributed by atoms with Crippen LogP contribution in [0.25, 0.3) is 0 Å². The van der Waals surface area contributed by atoms with Gasteiger partial charge < -0.3 is 0 Å². The van der Waals surface area contributed by atoms with Crippen molar-refractivity contribution < 1.29 is 22.4 Å². The van der Waals surface area contributed by atoms with Gasteiger partial charge in [-0.15, -0.1) is 0 Å². The molecule has 0 bridgehead atoms. The Labute approximate surface area is 115 Å². The number of ketones is 1. The molecule has 0 fully saturated rings. The summed E-state index contributed by atoms with van der Waals surface area (Å²) in [5.74, 6) is -2.58. The van der Waals surface area contributed by atoms with Crippen molar-refractivity contribution in [3.8, 4) is 0 Å². The van der Waals surface area contributed by atoms with Crippen molar-refractivity contribution in [3.05, 3.63) is 52.1 Å². The number of halogens is 5. The Balaban J connectivity index is 2.58. The van der Waals surface area contributed by atoms with E-state index >= 15 is 0 Å². The predicted octanol–water partition coefficient (Wildman–Crippen LogP) is 3.46. The summed E-state index contributed by atoms with van der Waals surface area (Å²) < 4.78 is 52.7. The third kappa shape index (κ3) is 2.40. The average molecular weight is 307 g/mol. The number of alkyl halides is 3. The Hall–Kier alpha value is -1.89. The predicted molar refractivity (Wildman–Crippen MR) is 63.1 cm³/mol. The van der Waals surface area contributed by atoms with Crippen LogP contribution in [0.5, 0.6) is 0 Å². The van der Waals surface area contributed by atoms with Crippen LogP contribution < -0.4 is 0 Å². The zero-order chi connectivity index (χ0) is 15.1. The molecule has 0 aliphatic carbocycles. The van der Waals surface area contributed by atoms with Crippen molar-refractivity contribution in [2.24, 2.45) is 7.05 Å². The van der Waals surface area contributed by atoms with E-state index in [2.05, 4.69) is 5.10 Å². The molecule has 0 aliphatic heterocycles. The number of hydrogen-bond acceptors (Lipinski definition) is 2. The first-order valence-corrected chi connectivity index (χ1v) is 5.69. The summed E-state index contributed by atoms with van der Waals surface area (Å²) in [6.45, 7) is 0. The Kier molecular flexibility index (Phi) is 3.56. The number of carbonyl (C=O) groups is 1. The van der Waals surface area contributed by atoms with Gasteiger partial charge in [0.1, 0.15) is 11.5 Å². The zero-order valence-corrected chi connectivity index (χ0v) is 10.8. The Morgan fingerprint density at radius 3 is 2.50 bits per heavy atom. The van der Waals surface area contributed by atoms with E-state index in [1.165, 1.54) is 7.05 Å². The molecule has 0 N–H and O–H groups in total. The number of nitrogens with zero attached hydrogens (tertiary/aromatic N) is 2. The van der Waals surface area contributed by atoms with Crippen molar-refractivity contribution in [2.75, 3.05) is 0 Å². The number of rotatable bonds is 2. The largest absolute Gasteiger partial charge is 0.419 e. The van der Waals surface area contributed by atoms with Crippen molar-refractivity contribution >= 4 is 17.4 Å². The maximum absolute atomic E-state index is 13.9. The van der Waals surface area contributed by atoms with Gasteiger partial charge in [0.05, 0.1) is 22.3 Å². The van der Waals surface area contributed by atoms with Gasteiger partial charge in [0.15, 0.2) is 0 Å². The van der Waals surface area contributed by atoms with Crippen LogP contribution in [0.2, 0.25) is 5.02 Å². The topological polar surface area (TPSA) is 34.9 Å². The lowest BCUT2D eigenvalue weighted by Gasteiger charge is -2.10. The lowest BCUT2D eigenvalue weighted by molar-refractivity contribution is -0.140. The summed E-state index contributed by atoms with van der Waals surface area (Å²) in [5.41, 5.74) is -2.38. The molecule has 0 radical (unpaired) electrons.